The van der Waals surface area contributed by atoms with Gasteiger partial charge in [0.1, 0.15) is 0 Å². The Balaban J connectivity index is 3.82. The minimum atomic E-state index is 0.551. The second-order valence-electron chi connectivity index (χ2n) is 0.899. The maximum absolute atomic E-state index is 4.27. The maximum Gasteiger partial charge on any atom is 0.0661 e. The quantitative estimate of drug-likeness (QED) is 0.300. The van der Waals surface area contributed by atoms with E-state index in [0.29, 0.717) is 5.70 Å². The van der Waals surface area contributed by atoms with Crippen LogP contribution in [-0.2, 0) is 0 Å². The molecule has 0 aliphatic heterocycles. The van der Waals surface area contributed by atoms with Crippen LogP contribution >= 0.6 is 12.2 Å². The first-order valence-corrected chi connectivity index (χ1v) is 2.11. The Hall–Kier alpha value is -0.720. The molecule has 0 bridgehead atoms. The van der Waals surface area contributed by atoms with Crippen LogP contribution in [0.15, 0.2) is 29.9 Å². The largest absolute Gasteiger partial charge is 0.195 e. The number of thiocarbonyl (C=S) groups is 1. The lowest BCUT2D eigenvalue weighted by Gasteiger charge is -1.75. The number of aliphatic imine (C=N–C) groups is 1. The van der Waals surface area contributed by atoms with Crippen LogP contribution in [-0.4, -0.2) is 5.16 Å². The molecule has 0 saturated carbocycles. The second-order valence-corrected chi connectivity index (χ2v) is 1.08. The Morgan fingerprint density at radius 3 is 2.57 bits per heavy atom. The van der Waals surface area contributed by atoms with Gasteiger partial charge >= 0.3 is 0 Å². The fourth-order valence-electron chi connectivity index (χ4n) is 0.104. The van der Waals surface area contributed by atoms with Gasteiger partial charge < -0.3 is 0 Å². The zero-order valence-electron chi connectivity index (χ0n) is 3.85. The summed E-state index contributed by atoms with van der Waals surface area (Å²) in [5.41, 5.74) is 0.551. The van der Waals surface area contributed by atoms with Crippen molar-refractivity contribution in [2.24, 2.45) is 4.99 Å². The zero-order valence-corrected chi connectivity index (χ0v) is 4.66. The molecule has 1 nitrogen and oxygen atoms in total. The van der Waals surface area contributed by atoms with Crippen molar-refractivity contribution in [2.45, 2.75) is 0 Å². The molecule has 2 heteroatoms. The molecule has 0 aliphatic rings. The van der Waals surface area contributed by atoms with Crippen LogP contribution in [0.4, 0.5) is 0 Å². The minimum Gasteiger partial charge on any atom is -0.195 e. The Kier molecular flexibility index (Phi) is 3.11. The normalized spacial score (nSPS) is 6.29. The van der Waals surface area contributed by atoms with Crippen LogP contribution < -0.4 is 0 Å². The Bertz CT molecular complexity index is 131. The highest BCUT2D eigenvalue weighted by Gasteiger charge is 1.70. The second kappa shape index (κ2) is 3.47. The van der Waals surface area contributed by atoms with E-state index in [1.54, 1.807) is 0 Å². The van der Waals surface area contributed by atoms with E-state index >= 15 is 0 Å². The van der Waals surface area contributed by atoms with Gasteiger partial charge in [-0.25, -0.2) is 0 Å². The number of hydrogen-bond donors (Lipinski definition) is 0. The van der Waals surface area contributed by atoms with Crippen molar-refractivity contribution in [3.63, 3.8) is 0 Å². The average molecular weight is 111 g/mol. The number of hydrogen-bond acceptors (Lipinski definition) is 2. The number of allylic oxidation sites excluding steroid dienone is 1. The molecule has 0 aromatic rings. The zero-order chi connectivity index (χ0) is 5.70. The molecule has 0 fully saturated rings. The Morgan fingerprint density at radius 1 is 1.86 bits per heavy atom. The third-order valence-corrected chi connectivity index (χ3v) is 0.516. The maximum atomic E-state index is 4.27. The van der Waals surface area contributed by atoms with E-state index in [9.17, 15) is 0 Å². The van der Waals surface area contributed by atoms with Crippen molar-refractivity contribution in [3.8, 4) is 0 Å². The summed E-state index contributed by atoms with van der Waals surface area (Å²) in [6, 6.07) is 0. The molecule has 0 heterocycles. The highest BCUT2D eigenvalue weighted by molar-refractivity contribution is 7.78. The summed E-state index contributed by atoms with van der Waals surface area (Å²) >= 11 is 4.27. The van der Waals surface area contributed by atoms with Crippen molar-refractivity contribution in [2.75, 3.05) is 0 Å². The molecule has 0 spiro atoms. The van der Waals surface area contributed by atoms with E-state index in [-0.39, 0.29) is 0 Å². The molecule has 36 valence electrons. The van der Waals surface area contributed by atoms with Crippen molar-refractivity contribution >= 4 is 17.4 Å². The van der Waals surface area contributed by atoms with Gasteiger partial charge in [0.05, 0.1) is 10.9 Å². The lowest BCUT2D eigenvalue weighted by atomic mass is 10.5. The van der Waals surface area contributed by atoms with Gasteiger partial charge in [0.15, 0.2) is 0 Å². The average Bonchev–Trinajstić information content (AvgIpc) is 1.68. The molecule has 0 unspecified atom stereocenters. The summed E-state index contributed by atoms with van der Waals surface area (Å²) in [7, 11) is 0. The summed E-state index contributed by atoms with van der Waals surface area (Å²) in [6.45, 7) is 6.85. The lowest BCUT2D eigenvalue weighted by Crippen LogP contribution is -1.58. The van der Waals surface area contributed by atoms with Gasteiger partial charge in [0.2, 0.25) is 0 Å². The fraction of sp³-hybridized carbons (Fsp3) is 0. The third-order valence-electron chi connectivity index (χ3n) is 0.425. The summed E-state index contributed by atoms with van der Waals surface area (Å²) in [4.78, 5) is 3.50. The molecule has 0 rings (SSSR count). The SMILES string of the molecule is C=CC(=C)N=C=S. The van der Waals surface area contributed by atoms with Gasteiger partial charge in [-0.2, -0.15) is 4.99 Å². The lowest BCUT2D eigenvalue weighted by molar-refractivity contribution is 1.47. The van der Waals surface area contributed by atoms with E-state index in [1.807, 2.05) is 0 Å². The summed E-state index contributed by atoms with van der Waals surface area (Å²) in [5.74, 6) is 0. The molecule has 0 saturated heterocycles. The molecule has 0 aromatic carbocycles. The predicted molar refractivity (Wildman–Crippen MR) is 34.4 cm³/mol. The monoisotopic (exact) mass is 111 g/mol. The highest BCUT2D eigenvalue weighted by Crippen LogP contribution is 1.87. The standard InChI is InChI=1S/C5H5NS/c1-3-5(2)6-4-7/h3H,1-2H2. The molecular formula is C5H5NS. The first-order valence-electron chi connectivity index (χ1n) is 1.70. The van der Waals surface area contributed by atoms with E-state index in [1.165, 1.54) is 6.08 Å². The topological polar surface area (TPSA) is 12.4 Å². The van der Waals surface area contributed by atoms with Gasteiger partial charge in [-0.1, -0.05) is 13.2 Å². The first kappa shape index (κ1) is 6.28. The van der Waals surface area contributed by atoms with Crippen LogP contribution in [0.2, 0.25) is 0 Å². The molecule has 0 amide bonds. The Labute approximate surface area is 48.1 Å². The van der Waals surface area contributed by atoms with Gasteiger partial charge in [-0.15, -0.1) is 0 Å². The molecule has 0 N–H and O–H groups in total. The van der Waals surface area contributed by atoms with Gasteiger partial charge in [0, 0.05) is 0 Å². The van der Waals surface area contributed by atoms with Crippen LogP contribution in [0.5, 0.6) is 0 Å². The van der Waals surface area contributed by atoms with Crippen LogP contribution in [0.3, 0.4) is 0 Å². The number of nitrogens with zero attached hydrogens (tertiary/aromatic N) is 1. The molecular weight excluding hydrogens is 106 g/mol. The van der Waals surface area contributed by atoms with Crippen molar-refractivity contribution < 1.29 is 0 Å². The predicted octanol–water partition coefficient (Wildman–Crippen LogP) is 1.79. The molecule has 0 radical (unpaired) electrons. The van der Waals surface area contributed by atoms with Gasteiger partial charge in [-0.3, -0.25) is 0 Å². The van der Waals surface area contributed by atoms with Crippen molar-refractivity contribution in [1.29, 1.82) is 0 Å². The molecule has 0 atom stereocenters. The molecule has 7 heavy (non-hydrogen) atoms. The van der Waals surface area contributed by atoms with E-state index < -0.39 is 0 Å². The number of isothiocyanates is 1. The summed E-state index contributed by atoms with van der Waals surface area (Å²) in [5, 5.41) is 2.16. The highest BCUT2D eigenvalue weighted by atomic mass is 32.1. The van der Waals surface area contributed by atoms with Crippen LogP contribution in [0, 0.1) is 0 Å². The smallest absolute Gasteiger partial charge is 0.0661 e. The van der Waals surface area contributed by atoms with Crippen LogP contribution in [0.25, 0.3) is 0 Å². The van der Waals surface area contributed by atoms with Gasteiger partial charge in [-0.05, 0) is 18.3 Å². The molecule has 0 aliphatic carbocycles. The van der Waals surface area contributed by atoms with E-state index in [0.717, 1.165) is 0 Å². The van der Waals surface area contributed by atoms with Crippen molar-refractivity contribution in [3.05, 3.63) is 24.9 Å². The summed E-state index contributed by atoms with van der Waals surface area (Å²) in [6.07, 6.45) is 1.51. The van der Waals surface area contributed by atoms with Crippen molar-refractivity contribution in [1.82, 2.24) is 0 Å². The molecule has 0 aromatic heterocycles. The minimum absolute atomic E-state index is 0.551. The fourth-order valence-corrected chi connectivity index (χ4v) is 0.222. The van der Waals surface area contributed by atoms with E-state index in [4.69, 9.17) is 0 Å². The summed E-state index contributed by atoms with van der Waals surface area (Å²) < 4.78 is 0. The Morgan fingerprint density at radius 2 is 2.43 bits per heavy atom. The first-order chi connectivity index (χ1) is 3.31. The third kappa shape index (κ3) is 3.10. The van der Waals surface area contributed by atoms with E-state index in [2.05, 4.69) is 35.5 Å². The number of rotatable bonds is 2. The van der Waals surface area contributed by atoms with Crippen LogP contribution in [0.1, 0.15) is 0 Å². The van der Waals surface area contributed by atoms with Gasteiger partial charge in [0.25, 0.3) is 0 Å².